The Bertz CT molecular complexity index is 328. The lowest BCUT2D eigenvalue weighted by Gasteiger charge is -2.11. The van der Waals surface area contributed by atoms with E-state index in [0.717, 1.165) is 12.8 Å². The van der Waals surface area contributed by atoms with Gasteiger partial charge >= 0.3 is 11.9 Å². The van der Waals surface area contributed by atoms with Crippen LogP contribution in [0.3, 0.4) is 0 Å². The zero-order valence-corrected chi connectivity index (χ0v) is 15.7. The zero-order valence-electron chi connectivity index (χ0n) is 15.7. The van der Waals surface area contributed by atoms with Crippen LogP contribution in [0.5, 0.6) is 0 Å². The minimum Gasteiger partial charge on any atom is -0.466 e. The van der Waals surface area contributed by atoms with Crippen molar-refractivity contribution in [1.29, 1.82) is 0 Å². The first-order chi connectivity index (χ1) is 12.1. The Labute approximate surface area is 151 Å². The largest absolute Gasteiger partial charge is 0.466 e. The van der Waals surface area contributed by atoms with Crippen molar-refractivity contribution >= 4 is 11.9 Å². The number of aliphatic hydroxyl groups is 2. The van der Waals surface area contributed by atoms with Crippen molar-refractivity contribution < 1.29 is 29.3 Å². The lowest BCUT2D eigenvalue weighted by Crippen LogP contribution is -2.20. The summed E-state index contributed by atoms with van der Waals surface area (Å²) in [5.74, 6) is -1.01. The third kappa shape index (κ3) is 16.1. The molecule has 0 aromatic rings. The van der Waals surface area contributed by atoms with Crippen molar-refractivity contribution in [2.45, 2.75) is 77.6 Å². The number of carbonyl (C=O) groups excluding carboxylic acids is 2. The van der Waals surface area contributed by atoms with E-state index in [-0.39, 0.29) is 38.2 Å². The SMILES string of the molecule is CCCCCCCCCOC(=O)CCCCC(=O)OCC(CO)CO. The predicted octanol–water partition coefficient (Wildman–Crippen LogP) is 2.98. The molecule has 2 N–H and O–H groups in total. The highest BCUT2D eigenvalue weighted by molar-refractivity contribution is 5.70. The minimum absolute atomic E-state index is 0.0202. The highest BCUT2D eigenvalue weighted by atomic mass is 16.5. The fraction of sp³-hybridized carbons (Fsp3) is 0.895. The lowest BCUT2D eigenvalue weighted by atomic mass is 10.1. The molecule has 0 aliphatic carbocycles. The molecule has 6 nitrogen and oxygen atoms in total. The van der Waals surface area contributed by atoms with E-state index in [9.17, 15) is 9.59 Å². The number of aliphatic hydroxyl groups excluding tert-OH is 2. The number of hydrogen-bond acceptors (Lipinski definition) is 6. The quantitative estimate of drug-likeness (QED) is 0.306. The van der Waals surface area contributed by atoms with Crippen LogP contribution in [0, 0.1) is 5.92 Å². The number of ether oxygens (including phenoxy) is 2. The van der Waals surface area contributed by atoms with Gasteiger partial charge in [0.25, 0.3) is 0 Å². The molecule has 0 atom stereocenters. The third-order valence-electron chi connectivity index (χ3n) is 4.02. The van der Waals surface area contributed by atoms with Crippen LogP contribution < -0.4 is 0 Å². The molecule has 148 valence electrons. The maximum atomic E-state index is 11.6. The molecule has 0 aromatic carbocycles. The molecule has 0 bridgehead atoms. The predicted molar refractivity (Wildman–Crippen MR) is 96.0 cm³/mol. The van der Waals surface area contributed by atoms with Crippen LogP contribution in [0.1, 0.15) is 77.6 Å². The van der Waals surface area contributed by atoms with Gasteiger partial charge in [0.2, 0.25) is 0 Å². The molecular weight excluding hydrogens is 324 g/mol. The van der Waals surface area contributed by atoms with Gasteiger partial charge in [0.1, 0.15) is 0 Å². The normalized spacial score (nSPS) is 10.9. The first kappa shape index (κ1) is 23.9. The van der Waals surface area contributed by atoms with E-state index in [2.05, 4.69) is 6.92 Å². The molecule has 0 radical (unpaired) electrons. The number of esters is 2. The topological polar surface area (TPSA) is 93.1 Å². The zero-order chi connectivity index (χ0) is 18.8. The van der Waals surface area contributed by atoms with Gasteiger partial charge in [-0.1, -0.05) is 45.4 Å². The Morgan fingerprint density at radius 2 is 1.28 bits per heavy atom. The van der Waals surface area contributed by atoms with E-state index >= 15 is 0 Å². The van der Waals surface area contributed by atoms with Gasteiger partial charge in [0, 0.05) is 18.8 Å². The van der Waals surface area contributed by atoms with Crippen molar-refractivity contribution in [2.75, 3.05) is 26.4 Å². The van der Waals surface area contributed by atoms with Crippen molar-refractivity contribution in [3.05, 3.63) is 0 Å². The summed E-state index contributed by atoms with van der Waals surface area (Å²) in [4.78, 5) is 23.0. The van der Waals surface area contributed by atoms with Crippen LogP contribution in [0.4, 0.5) is 0 Å². The second-order valence-electron chi connectivity index (χ2n) is 6.46. The maximum absolute atomic E-state index is 11.6. The van der Waals surface area contributed by atoms with Gasteiger partial charge in [-0.3, -0.25) is 9.59 Å². The summed E-state index contributed by atoms with van der Waals surface area (Å²) in [6.07, 6.45) is 10.0. The Morgan fingerprint density at radius 3 is 1.84 bits per heavy atom. The van der Waals surface area contributed by atoms with Gasteiger partial charge in [-0.15, -0.1) is 0 Å². The molecule has 0 aliphatic heterocycles. The van der Waals surface area contributed by atoms with E-state index < -0.39 is 5.92 Å². The summed E-state index contributed by atoms with van der Waals surface area (Å²) >= 11 is 0. The first-order valence-electron chi connectivity index (χ1n) is 9.67. The molecule has 0 aromatic heterocycles. The molecule has 25 heavy (non-hydrogen) atoms. The van der Waals surface area contributed by atoms with E-state index in [4.69, 9.17) is 19.7 Å². The van der Waals surface area contributed by atoms with Crippen molar-refractivity contribution in [3.8, 4) is 0 Å². The molecule has 0 rings (SSSR count). The van der Waals surface area contributed by atoms with Gasteiger partial charge in [0.05, 0.1) is 26.4 Å². The van der Waals surface area contributed by atoms with Crippen molar-refractivity contribution in [1.82, 2.24) is 0 Å². The Kier molecular flexibility index (Phi) is 16.9. The molecule has 0 saturated carbocycles. The van der Waals surface area contributed by atoms with E-state index in [1.165, 1.54) is 32.1 Å². The average Bonchev–Trinajstić information content (AvgIpc) is 2.62. The molecule has 0 fully saturated rings. The van der Waals surface area contributed by atoms with Crippen LogP contribution in [0.15, 0.2) is 0 Å². The molecule has 0 saturated heterocycles. The molecular formula is C19H36O6. The average molecular weight is 360 g/mol. The van der Waals surface area contributed by atoms with Gasteiger partial charge < -0.3 is 19.7 Å². The second-order valence-corrected chi connectivity index (χ2v) is 6.46. The first-order valence-corrected chi connectivity index (χ1v) is 9.67. The molecule has 0 heterocycles. The van der Waals surface area contributed by atoms with Crippen LogP contribution in [0.2, 0.25) is 0 Å². The molecule has 0 aliphatic rings. The molecule has 0 unspecified atom stereocenters. The molecule has 0 spiro atoms. The second kappa shape index (κ2) is 17.7. The van der Waals surface area contributed by atoms with Gasteiger partial charge in [-0.25, -0.2) is 0 Å². The number of carbonyl (C=O) groups is 2. The summed E-state index contributed by atoms with van der Waals surface area (Å²) < 4.78 is 10.1. The third-order valence-corrected chi connectivity index (χ3v) is 4.02. The monoisotopic (exact) mass is 360 g/mol. The Morgan fingerprint density at radius 1 is 0.760 bits per heavy atom. The summed E-state index contributed by atoms with van der Waals surface area (Å²) in [7, 11) is 0. The summed E-state index contributed by atoms with van der Waals surface area (Å²) in [6, 6.07) is 0. The van der Waals surface area contributed by atoms with Crippen LogP contribution in [-0.4, -0.2) is 48.6 Å². The highest BCUT2D eigenvalue weighted by Gasteiger charge is 2.10. The number of unbranched alkanes of at least 4 members (excludes halogenated alkanes) is 7. The lowest BCUT2D eigenvalue weighted by molar-refractivity contribution is -0.147. The van der Waals surface area contributed by atoms with Crippen LogP contribution in [0.25, 0.3) is 0 Å². The van der Waals surface area contributed by atoms with Gasteiger partial charge in [-0.05, 0) is 19.3 Å². The summed E-state index contributed by atoms with van der Waals surface area (Å²) in [5, 5.41) is 17.7. The highest BCUT2D eigenvalue weighted by Crippen LogP contribution is 2.08. The fourth-order valence-electron chi connectivity index (χ4n) is 2.30. The van der Waals surface area contributed by atoms with E-state index in [0.29, 0.717) is 25.9 Å². The smallest absolute Gasteiger partial charge is 0.305 e. The maximum Gasteiger partial charge on any atom is 0.305 e. The fourth-order valence-corrected chi connectivity index (χ4v) is 2.30. The van der Waals surface area contributed by atoms with E-state index in [1.807, 2.05) is 0 Å². The minimum atomic E-state index is -0.425. The Hall–Kier alpha value is -1.14. The van der Waals surface area contributed by atoms with Crippen LogP contribution >= 0.6 is 0 Å². The molecule has 6 heteroatoms. The molecule has 0 amide bonds. The number of rotatable bonds is 17. The van der Waals surface area contributed by atoms with Gasteiger partial charge in [0.15, 0.2) is 0 Å². The summed E-state index contributed by atoms with van der Waals surface area (Å²) in [5.41, 5.74) is 0. The summed E-state index contributed by atoms with van der Waals surface area (Å²) in [6.45, 7) is 2.28. The van der Waals surface area contributed by atoms with Gasteiger partial charge in [-0.2, -0.15) is 0 Å². The Balaban J connectivity index is 3.41. The van der Waals surface area contributed by atoms with Crippen LogP contribution in [-0.2, 0) is 19.1 Å². The van der Waals surface area contributed by atoms with E-state index in [1.54, 1.807) is 0 Å². The van der Waals surface area contributed by atoms with Crippen molar-refractivity contribution in [3.63, 3.8) is 0 Å². The standard InChI is InChI=1S/C19H36O6/c1-2-3-4-5-6-7-10-13-24-18(22)11-8-9-12-19(23)25-16-17(14-20)15-21/h17,20-21H,2-16H2,1H3. The number of hydrogen-bond donors (Lipinski definition) is 2. The van der Waals surface area contributed by atoms with Crippen molar-refractivity contribution in [2.24, 2.45) is 5.92 Å².